The number of hydrogen-bond donors (Lipinski definition) is 10. The summed E-state index contributed by atoms with van der Waals surface area (Å²) in [7, 11) is 0. The minimum absolute atomic E-state index is 0.0397. The topological polar surface area (TPSA) is 310 Å². The summed E-state index contributed by atoms with van der Waals surface area (Å²) >= 11 is 0. The molecule has 0 aromatic rings. The van der Waals surface area contributed by atoms with Crippen LogP contribution >= 0.6 is 0 Å². The standard InChI is InChI=1S/C18H31N7O10/c19-8(3-4-12(27)28)14(31)25-11(7-26)16(33)23-9(2-1-5-22-18(20)21)15(32)24-10(17(34)35)6-13(29)30/h8-11,26H,1-7,19H2,(H,23,33)(H,24,32)(H,25,31)(H,27,28)(H,29,30)(H,34,35)(H4,20,21,22). The summed E-state index contributed by atoms with van der Waals surface area (Å²) in [5.41, 5.74) is 16.0. The molecular formula is C18H31N7O10. The molecule has 13 N–H and O–H groups in total. The smallest absolute Gasteiger partial charge is 0.326 e. The lowest BCUT2D eigenvalue weighted by Gasteiger charge is -2.24. The number of carboxylic acid groups (broad SMARTS) is 3. The van der Waals surface area contributed by atoms with Crippen molar-refractivity contribution in [1.82, 2.24) is 16.0 Å². The third kappa shape index (κ3) is 13.3. The summed E-state index contributed by atoms with van der Waals surface area (Å²) in [4.78, 5) is 73.7. The van der Waals surface area contributed by atoms with Gasteiger partial charge in [-0.2, -0.15) is 0 Å². The molecule has 0 aromatic carbocycles. The second kappa shape index (κ2) is 15.8. The fourth-order valence-corrected chi connectivity index (χ4v) is 2.57. The number of rotatable bonds is 17. The number of aliphatic hydroxyl groups is 1. The molecule has 17 heteroatoms. The van der Waals surface area contributed by atoms with Crippen LogP contribution in [0.25, 0.3) is 0 Å². The van der Waals surface area contributed by atoms with Gasteiger partial charge in [-0.05, 0) is 19.3 Å². The van der Waals surface area contributed by atoms with E-state index in [1.54, 1.807) is 0 Å². The van der Waals surface area contributed by atoms with Crippen molar-refractivity contribution in [1.29, 1.82) is 0 Å². The number of nitrogens with one attached hydrogen (secondary N) is 3. The van der Waals surface area contributed by atoms with Gasteiger partial charge < -0.3 is 53.6 Å². The second-order valence-corrected chi connectivity index (χ2v) is 7.29. The molecule has 0 aliphatic heterocycles. The zero-order valence-corrected chi connectivity index (χ0v) is 18.7. The van der Waals surface area contributed by atoms with Gasteiger partial charge in [0.15, 0.2) is 5.96 Å². The van der Waals surface area contributed by atoms with Gasteiger partial charge in [0, 0.05) is 13.0 Å². The average Bonchev–Trinajstić information content (AvgIpc) is 2.76. The van der Waals surface area contributed by atoms with E-state index in [1.807, 2.05) is 5.32 Å². The van der Waals surface area contributed by atoms with Crippen molar-refractivity contribution in [2.24, 2.45) is 22.2 Å². The van der Waals surface area contributed by atoms with E-state index in [0.717, 1.165) is 0 Å². The lowest BCUT2D eigenvalue weighted by molar-refractivity contribution is -0.147. The zero-order chi connectivity index (χ0) is 27.1. The van der Waals surface area contributed by atoms with Crippen LogP contribution in [0.2, 0.25) is 0 Å². The van der Waals surface area contributed by atoms with Crippen LogP contribution in [0.4, 0.5) is 0 Å². The van der Waals surface area contributed by atoms with Gasteiger partial charge in [-0.3, -0.25) is 29.0 Å². The predicted octanol–water partition coefficient (Wildman–Crippen LogP) is -4.76. The fourth-order valence-electron chi connectivity index (χ4n) is 2.57. The highest BCUT2D eigenvalue weighted by molar-refractivity contribution is 5.94. The molecule has 35 heavy (non-hydrogen) atoms. The molecule has 17 nitrogen and oxygen atoms in total. The van der Waals surface area contributed by atoms with Gasteiger partial charge in [0.1, 0.15) is 18.1 Å². The van der Waals surface area contributed by atoms with Crippen molar-refractivity contribution in [3.8, 4) is 0 Å². The van der Waals surface area contributed by atoms with E-state index in [-0.39, 0.29) is 31.8 Å². The van der Waals surface area contributed by atoms with Crippen molar-refractivity contribution in [2.45, 2.75) is 56.3 Å². The number of aliphatic imine (C=N–C) groups is 1. The second-order valence-electron chi connectivity index (χ2n) is 7.29. The van der Waals surface area contributed by atoms with Gasteiger partial charge in [-0.25, -0.2) is 4.79 Å². The number of carboxylic acids is 3. The molecule has 0 aliphatic carbocycles. The maximum absolute atomic E-state index is 12.6. The first-order chi connectivity index (χ1) is 16.3. The number of hydrogen-bond acceptors (Lipinski definition) is 9. The Bertz CT molecular complexity index is 815. The van der Waals surface area contributed by atoms with Crippen LogP contribution in [0.3, 0.4) is 0 Å². The predicted molar refractivity (Wildman–Crippen MR) is 118 cm³/mol. The Morgan fingerprint density at radius 2 is 1.31 bits per heavy atom. The minimum Gasteiger partial charge on any atom is -0.481 e. The van der Waals surface area contributed by atoms with Crippen molar-refractivity contribution in [3.63, 3.8) is 0 Å². The molecule has 4 unspecified atom stereocenters. The first-order valence-corrected chi connectivity index (χ1v) is 10.3. The van der Waals surface area contributed by atoms with Crippen LogP contribution in [-0.4, -0.2) is 99.3 Å². The van der Waals surface area contributed by atoms with Crippen molar-refractivity contribution in [3.05, 3.63) is 0 Å². The van der Waals surface area contributed by atoms with E-state index < -0.39 is 79.2 Å². The number of guanidine groups is 1. The Labute approximate surface area is 199 Å². The fraction of sp³-hybridized carbons (Fsp3) is 0.611. The van der Waals surface area contributed by atoms with Gasteiger partial charge in [0.2, 0.25) is 17.7 Å². The van der Waals surface area contributed by atoms with Gasteiger partial charge in [0.05, 0.1) is 19.1 Å². The number of carbonyl (C=O) groups is 6. The van der Waals surface area contributed by atoms with Crippen LogP contribution in [0.1, 0.15) is 32.1 Å². The summed E-state index contributed by atoms with van der Waals surface area (Å²) in [5.74, 6) is -7.56. The summed E-state index contributed by atoms with van der Waals surface area (Å²) < 4.78 is 0. The number of carbonyl (C=O) groups excluding carboxylic acids is 3. The van der Waals surface area contributed by atoms with Crippen molar-refractivity contribution < 1.29 is 49.2 Å². The molecule has 0 saturated heterocycles. The highest BCUT2D eigenvalue weighted by atomic mass is 16.4. The first kappa shape index (κ1) is 31.0. The van der Waals surface area contributed by atoms with Gasteiger partial charge in [0.25, 0.3) is 0 Å². The molecular weight excluding hydrogens is 474 g/mol. The van der Waals surface area contributed by atoms with E-state index >= 15 is 0 Å². The van der Waals surface area contributed by atoms with Crippen LogP contribution < -0.4 is 33.2 Å². The highest BCUT2D eigenvalue weighted by Crippen LogP contribution is 2.03. The van der Waals surface area contributed by atoms with E-state index in [9.17, 15) is 33.9 Å². The number of nitrogens with two attached hydrogens (primary N) is 3. The van der Waals surface area contributed by atoms with Crippen LogP contribution in [0.5, 0.6) is 0 Å². The Balaban J connectivity index is 5.40. The number of nitrogens with zero attached hydrogens (tertiary/aromatic N) is 1. The summed E-state index contributed by atoms with van der Waals surface area (Å²) in [6.45, 7) is -0.875. The van der Waals surface area contributed by atoms with E-state index in [1.165, 1.54) is 0 Å². The van der Waals surface area contributed by atoms with Gasteiger partial charge in [-0.1, -0.05) is 0 Å². The Kier molecular flexibility index (Phi) is 14.0. The Morgan fingerprint density at radius 3 is 1.80 bits per heavy atom. The average molecular weight is 505 g/mol. The summed E-state index contributed by atoms with van der Waals surface area (Å²) in [6.07, 6.45) is -1.58. The molecule has 0 spiro atoms. The van der Waals surface area contributed by atoms with Crippen LogP contribution in [0.15, 0.2) is 4.99 Å². The van der Waals surface area contributed by atoms with E-state index in [4.69, 9.17) is 32.5 Å². The molecule has 0 bridgehead atoms. The quantitative estimate of drug-likeness (QED) is 0.0504. The number of amides is 3. The molecule has 198 valence electrons. The van der Waals surface area contributed by atoms with Crippen LogP contribution in [-0.2, 0) is 28.8 Å². The zero-order valence-electron chi connectivity index (χ0n) is 18.7. The molecule has 0 heterocycles. The first-order valence-electron chi connectivity index (χ1n) is 10.3. The highest BCUT2D eigenvalue weighted by Gasteiger charge is 2.30. The van der Waals surface area contributed by atoms with Gasteiger partial charge in [-0.15, -0.1) is 0 Å². The maximum Gasteiger partial charge on any atom is 0.326 e. The molecule has 3 amide bonds. The van der Waals surface area contributed by atoms with Gasteiger partial charge >= 0.3 is 17.9 Å². The SMILES string of the molecule is NC(N)=NCCCC(NC(=O)C(CO)NC(=O)C(N)CCC(=O)O)C(=O)NC(CC(=O)O)C(=O)O. The van der Waals surface area contributed by atoms with E-state index in [0.29, 0.717) is 0 Å². The molecule has 0 radical (unpaired) electrons. The third-order valence-corrected chi connectivity index (χ3v) is 4.39. The number of aliphatic carboxylic acids is 3. The van der Waals surface area contributed by atoms with Crippen molar-refractivity contribution >= 4 is 41.6 Å². The monoisotopic (exact) mass is 505 g/mol. The maximum atomic E-state index is 12.6. The molecule has 0 aromatic heterocycles. The molecule has 0 fully saturated rings. The minimum atomic E-state index is -1.79. The van der Waals surface area contributed by atoms with E-state index in [2.05, 4.69) is 15.6 Å². The molecule has 0 aliphatic rings. The normalized spacial score (nSPS) is 13.9. The lowest BCUT2D eigenvalue weighted by atomic mass is 10.1. The summed E-state index contributed by atoms with van der Waals surface area (Å²) in [5, 5.41) is 42.5. The number of aliphatic hydroxyl groups excluding tert-OH is 1. The molecule has 4 atom stereocenters. The Morgan fingerprint density at radius 1 is 0.771 bits per heavy atom. The van der Waals surface area contributed by atoms with Crippen molar-refractivity contribution in [2.75, 3.05) is 13.2 Å². The molecule has 0 rings (SSSR count). The lowest BCUT2D eigenvalue weighted by Crippen LogP contribution is -2.58. The summed E-state index contributed by atoms with van der Waals surface area (Å²) in [6, 6.07) is -6.09. The Hall–Kier alpha value is -3.99. The molecule has 0 saturated carbocycles. The third-order valence-electron chi connectivity index (χ3n) is 4.39. The largest absolute Gasteiger partial charge is 0.481 e. The van der Waals surface area contributed by atoms with Crippen LogP contribution in [0, 0.1) is 0 Å².